The summed E-state index contributed by atoms with van der Waals surface area (Å²) in [5.41, 5.74) is 16.5. The van der Waals surface area contributed by atoms with Crippen LogP contribution in [0, 0.1) is 92.9 Å². The zero-order valence-electron chi connectivity index (χ0n) is 72.1. The van der Waals surface area contributed by atoms with E-state index in [1.807, 2.05) is 182 Å². The van der Waals surface area contributed by atoms with Crippen LogP contribution in [-0.4, -0.2) is 132 Å². The predicted molar refractivity (Wildman–Crippen MR) is 514 cm³/mol. The van der Waals surface area contributed by atoms with Gasteiger partial charge in [-0.25, -0.2) is 32.4 Å². The van der Waals surface area contributed by atoms with Crippen LogP contribution in [0.15, 0.2) is 285 Å². The van der Waals surface area contributed by atoms with Gasteiger partial charge < -0.3 is 91.4 Å². The fourth-order valence-electron chi connectivity index (χ4n) is 12.4. The summed E-state index contributed by atoms with van der Waals surface area (Å²) in [6.07, 6.45) is 5.22. The van der Waals surface area contributed by atoms with E-state index in [1.165, 1.54) is 52.6 Å². The molecule has 0 amide bonds. The van der Waals surface area contributed by atoms with Crippen molar-refractivity contribution in [2.24, 2.45) is 5.73 Å². The molecule has 696 valence electrons. The summed E-state index contributed by atoms with van der Waals surface area (Å²) in [6.45, 7) is 2.41. The van der Waals surface area contributed by atoms with Gasteiger partial charge in [-0.3, -0.25) is 25.2 Å². The lowest BCUT2D eigenvalue weighted by atomic mass is 10.2. The van der Waals surface area contributed by atoms with Crippen molar-refractivity contribution in [3.63, 3.8) is 0 Å². The number of rotatable bonds is 38. The van der Waals surface area contributed by atoms with Gasteiger partial charge in [0.05, 0.1) is 47.8 Å². The standard InChI is InChI=1S/C16H19N3O3S.C15H18N4O2S.C15H15N3O2S.C12H11ClN2O2.C12H12N2O3.C12H10N2O3.C5H4N2O3.C5H5NO/c1-22-15(17)9-10-23-12-14-7-8-16(19(20)21)18(14)11-13-5-3-2-4-6-13;16-14(17)8-9-22-11-13-6-7-15(19(20)21)18(13)10-12-4-2-1-3-5-12;16-9-4-10-21-12-14-7-8-15(18(19)20)17(14)11-13-5-2-1-3-6-13;13-8-11-6-7-12(15(16)17)14(11)9-10-4-2-1-3-5-10;2*15-9-11-6-7-12(14(16)17)13(11)8-10-4-2-1-3-5-10;8-3-4-1-2-5(6-4)7(9)10;7-4-5-2-1-3-6-5/h2-8,17H,9-12H2,1H3;1-7H,8-11H2,(H3,16,17);1-3,5-8H,4,10-12H2;1-7H,8-9H2;1-7,15H,8-9H2;1-7,9H,8H2;1-3,6H;1-4,6H. The largest absolute Gasteiger partial charge is 0.484 e. The molecule has 0 aliphatic heterocycles. The van der Waals surface area contributed by atoms with Gasteiger partial charge in [0, 0.05) is 85.2 Å². The van der Waals surface area contributed by atoms with Gasteiger partial charge in [-0.1, -0.05) is 182 Å². The summed E-state index contributed by atoms with van der Waals surface area (Å²) in [4.78, 5) is 109. The van der Waals surface area contributed by atoms with Crippen molar-refractivity contribution in [3.05, 3.63) is 435 Å². The second-order valence-corrected chi connectivity index (χ2v) is 31.6. The number of hydrogen-bond donors (Lipinski definition) is 6. The molecule has 0 unspecified atom stereocenters. The van der Waals surface area contributed by atoms with Gasteiger partial charge in [-0.15, -0.1) is 11.6 Å². The SMILES string of the molecule is COC(=N)CCSCc1ccc([N+](=O)[O-])n1Cc1ccccc1.N#CCCSCc1ccc([N+](=O)[O-])n1Cc1ccccc1.N=C(N)CCSCc1ccc([N+](=O)[O-])n1Cc1ccccc1.O=Cc1ccc([N+](=O)[O-])[nH]1.O=Cc1ccc([N+](=O)[O-])n1Cc1ccccc1.O=Cc1ccc[nH]1.O=[N+]([O-])c1ccc(CCl)n1Cc1ccccc1.O=[N+]([O-])c1ccc(CO)n1Cc1ccccc1. The molecule has 134 heavy (non-hydrogen) atoms. The fraction of sp³-hybridized carbons (Fsp3) is 0.196. The molecule has 14 rings (SSSR count). The fourth-order valence-corrected chi connectivity index (χ4v) is 15.4. The predicted octanol–water partition coefficient (Wildman–Crippen LogP) is 19.2. The third-order valence-electron chi connectivity index (χ3n) is 19.0. The summed E-state index contributed by atoms with van der Waals surface area (Å²) < 4.78 is 14.5. The summed E-state index contributed by atoms with van der Waals surface area (Å²) in [5, 5.41) is 108. The van der Waals surface area contributed by atoms with Crippen LogP contribution in [0.4, 0.5) is 40.7 Å². The van der Waals surface area contributed by atoms with Crippen LogP contribution in [-0.2, 0) is 73.8 Å². The third kappa shape index (κ3) is 34.8. The Labute approximate surface area is 785 Å². The van der Waals surface area contributed by atoms with Crippen molar-refractivity contribution in [1.82, 2.24) is 37.4 Å². The number of aromatic amines is 2. The van der Waals surface area contributed by atoms with Gasteiger partial charge in [0.15, 0.2) is 36.1 Å². The maximum atomic E-state index is 11.2. The summed E-state index contributed by atoms with van der Waals surface area (Å²) in [7, 11) is 1.49. The second kappa shape index (κ2) is 57.2. The number of aldehydes is 3. The highest BCUT2D eigenvalue weighted by atomic mass is 35.5. The number of carbonyl (C=O) groups excluding carboxylic acids is 3. The first kappa shape index (κ1) is 105. The number of nitriles is 1. The number of aliphatic hydroxyl groups excluding tert-OH is 1. The Morgan fingerprint density at radius 3 is 0.993 bits per heavy atom. The molecule has 8 aromatic heterocycles. The normalized spacial score (nSPS) is 10.2. The van der Waals surface area contributed by atoms with Gasteiger partial charge in [0.2, 0.25) is 0 Å². The highest BCUT2D eigenvalue weighted by Crippen LogP contribution is 2.29. The van der Waals surface area contributed by atoms with E-state index in [0.717, 1.165) is 79.7 Å². The summed E-state index contributed by atoms with van der Waals surface area (Å²) in [6, 6.07) is 84.5. The number of alkyl halides is 1. The number of nitrogens with one attached hydrogen (secondary N) is 4. The van der Waals surface area contributed by atoms with E-state index in [9.17, 15) is 85.2 Å². The molecule has 42 heteroatoms. The van der Waals surface area contributed by atoms with Crippen LogP contribution in [0.5, 0.6) is 0 Å². The number of methoxy groups -OCH3 is 1. The molecule has 0 fully saturated rings. The molecule has 0 aliphatic rings. The van der Waals surface area contributed by atoms with E-state index in [1.54, 1.807) is 120 Å². The molecule has 38 nitrogen and oxygen atoms in total. The first-order chi connectivity index (χ1) is 64.7. The molecule has 0 saturated heterocycles. The van der Waals surface area contributed by atoms with E-state index < -0.39 is 14.8 Å². The Bertz CT molecular complexity index is 6050. The van der Waals surface area contributed by atoms with Crippen molar-refractivity contribution in [2.45, 2.75) is 88.3 Å². The van der Waals surface area contributed by atoms with Gasteiger partial charge >= 0.3 is 40.7 Å². The number of benzene rings is 6. The Morgan fingerprint density at radius 2 is 0.716 bits per heavy atom. The average Bonchev–Trinajstić information content (AvgIpc) is 1.72. The van der Waals surface area contributed by atoms with E-state index >= 15 is 0 Å². The van der Waals surface area contributed by atoms with E-state index in [0.29, 0.717) is 105 Å². The number of aromatic nitrogens is 8. The van der Waals surface area contributed by atoms with Crippen molar-refractivity contribution < 1.29 is 58.7 Å². The molecule has 14 aromatic rings. The highest BCUT2D eigenvalue weighted by molar-refractivity contribution is 7.98. The third-order valence-corrected chi connectivity index (χ3v) is 22.2. The van der Waals surface area contributed by atoms with Crippen LogP contribution in [0.25, 0.3) is 0 Å². The number of aliphatic hydroxyl groups is 1. The number of amidine groups is 1. The molecule has 6 aromatic carbocycles. The minimum atomic E-state index is -0.590. The van der Waals surface area contributed by atoms with E-state index in [2.05, 4.69) is 16.0 Å². The number of carbonyl (C=O) groups is 3. The van der Waals surface area contributed by atoms with Gasteiger partial charge in [0.1, 0.15) is 74.3 Å². The average molecular weight is 1900 g/mol. The van der Waals surface area contributed by atoms with Crippen molar-refractivity contribution in [2.75, 3.05) is 24.4 Å². The minimum absolute atomic E-state index is 0.00194. The lowest BCUT2D eigenvalue weighted by Crippen LogP contribution is -2.10. The molecule has 0 saturated carbocycles. The zero-order valence-corrected chi connectivity index (χ0v) is 75.3. The van der Waals surface area contributed by atoms with Crippen LogP contribution < -0.4 is 5.73 Å². The van der Waals surface area contributed by atoms with Gasteiger partial charge in [0.25, 0.3) is 0 Å². The smallest absolute Gasteiger partial charge is 0.323 e. The lowest BCUT2D eigenvalue weighted by molar-refractivity contribution is -0.392. The zero-order chi connectivity index (χ0) is 97.1. The number of ether oxygens (including phenoxy) is 1. The molecular formula is C92H94ClN19O19S3. The molecule has 7 N–H and O–H groups in total. The van der Waals surface area contributed by atoms with Crippen LogP contribution in [0.3, 0.4) is 0 Å². The van der Waals surface area contributed by atoms with E-state index in [4.69, 9.17) is 43.3 Å². The molecule has 0 aliphatic carbocycles. The topological polar surface area (TPSA) is 541 Å². The van der Waals surface area contributed by atoms with Crippen LogP contribution >= 0.6 is 46.9 Å². The number of nitrogens with zero attached hydrogens (tertiary/aromatic N) is 14. The summed E-state index contributed by atoms with van der Waals surface area (Å²) in [5.74, 6) is 5.04. The van der Waals surface area contributed by atoms with Gasteiger partial charge in [-0.2, -0.15) is 40.5 Å². The van der Waals surface area contributed by atoms with E-state index in [-0.39, 0.29) is 90.3 Å². The Balaban J connectivity index is 0.000000212. The molecule has 8 heterocycles. The number of hydrogen-bond acceptors (Lipinski definition) is 25. The Morgan fingerprint density at radius 1 is 0.403 bits per heavy atom. The lowest BCUT2D eigenvalue weighted by Gasteiger charge is -2.07. The maximum Gasteiger partial charge on any atom is 0.323 e. The van der Waals surface area contributed by atoms with Crippen LogP contribution in [0.1, 0.15) is 113 Å². The Hall–Kier alpha value is -15.9. The molecular weight excluding hydrogens is 1810 g/mol. The first-order valence-electron chi connectivity index (χ1n) is 40.5. The number of nitro groups is 7. The molecule has 0 atom stereocenters. The first-order valence-corrected chi connectivity index (χ1v) is 44.5. The molecule has 0 radical (unpaired) electrons. The quantitative estimate of drug-likeness (QED) is 0.00398. The maximum absolute atomic E-state index is 11.2. The monoisotopic (exact) mass is 1900 g/mol. The van der Waals surface area contributed by atoms with Crippen molar-refractivity contribution >= 4 is 118 Å². The number of H-pyrrole nitrogens is 2. The van der Waals surface area contributed by atoms with Crippen molar-refractivity contribution in [3.8, 4) is 6.07 Å². The minimum Gasteiger partial charge on any atom is -0.484 e. The number of halogens is 1. The highest BCUT2D eigenvalue weighted by Gasteiger charge is 2.25. The molecule has 0 bridgehead atoms. The Kier molecular flexibility index (Phi) is 44.9. The second-order valence-electron chi connectivity index (χ2n) is 28.0. The van der Waals surface area contributed by atoms with Gasteiger partial charge in [-0.05, 0) is 122 Å². The molecule has 0 spiro atoms. The number of nitrogens with two attached hydrogens (primary N) is 1. The number of thioether (sulfide) groups is 3. The summed E-state index contributed by atoms with van der Waals surface area (Å²) >= 11 is 10.6. The van der Waals surface area contributed by atoms with Crippen LogP contribution in [0.2, 0.25) is 0 Å². The van der Waals surface area contributed by atoms with Crippen molar-refractivity contribution in [1.29, 1.82) is 16.1 Å².